The molecule has 3 heterocycles. The molecule has 0 bridgehead atoms. The zero-order valence-corrected chi connectivity index (χ0v) is 20.1. The zero-order valence-electron chi connectivity index (χ0n) is 19.3. The lowest BCUT2D eigenvalue weighted by atomic mass is 10.0. The van der Waals surface area contributed by atoms with E-state index in [-0.39, 0.29) is 12.0 Å². The second-order valence-corrected chi connectivity index (χ2v) is 9.18. The van der Waals surface area contributed by atoms with Crippen molar-refractivity contribution in [3.05, 3.63) is 70.5 Å². The third kappa shape index (κ3) is 5.60. The third-order valence-electron chi connectivity index (χ3n) is 5.66. The van der Waals surface area contributed by atoms with Crippen LogP contribution in [0.2, 0.25) is 0 Å². The number of carbonyl (C=O) groups excluding carboxylic acids is 2. The van der Waals surface area contributed by atoms with E-state index in [0.717, 1.165) is 21.7 Å². The number of thiophene rings is 1. The fraction of sp³-hybridized carbons (Fsp3) is 0.360. The summed E-state index contributed by atoms with van der Waals surface area (Å²) in [6.45, 7) is 5.76. The van der Waals surface area contributed by atoms with Crippen LogP contribution >= 0.6 is 11.3 Å². The molecule has 0 saturated carbocycles. The molecular formula is C25H28N4O4S. The largest absolute Gasteiger partial charge is 0.450 e. The van der Waals surface area contributed by atoms with E-state index in [4.69, 9.17) is 9.72 Å². The molecule has 1 aromatic carbocycles. The molecule has 8 nitrogen and oxygen atoms in total. The standard InChI is InChI=1S/C25H28N4O4S/c1-3-33-25(32)29-13-11-28(12-14-29)24(31)22-8-7-21(34-22)20-9-10-26-23(27-20)16-18-5-4-6-19(15-18)17(2)30/h4-10,15,17,30H,3,11-14,16H2,1-2H3. The molecule has 1 unspecified atom stereocenters. The average Bonchev–Trinajstić information content (AvgIpc) is 3.35. The van der Waals surface area contributed by atoms with Crippen molar-refractivity contribution in [1.82, 2.24) is 19.8 Å². The fourth-order valence-electron chi connectivity index (χ4n) is 3.82. The summed E-state index contributed by atoms with van der Waals surface area (Å²) in [7, 11) is 0. The van der Waals surface area contributed by atoms with Gasteiger partial charge in [0, 0.05) is 38.8 Å². The van der Waals surface area contributed by atoms with Gasteiger partial charge in [0.05, 0.1) is 28.2 Å². The topological polar surface area (TPSA) is 95.9 Å². The second kappa shape index (κ2) is 10.8. The van der Waals surface area contributed by atoms with Gasteiger partial charge < -0.3 is 19.6 Å². The Bertz CT molecular complexity index is 1160. The van der Waals surface area contributed by atoms with Gasteiger partial charge in [-0.2, -0.15) is 0 Å². The molecule has 178 valence electrons. The molecule has 4 rings (SSSR count). The number of benzene rings is 1. The molecule has 0 aliphatic carbocycles. The number of hydrogen-bond acceptors (Lipinski definition) is 7. The van der Waals surface area contributed by atoms with Gasteiger partial charge in [-0.3, -0.25) is 4.79 Å². The van der Waals surface area contributed by atoms with Crippen molar-refractivity contribution in [3.63, 3.8) is 0 Å². The van der Waals surface area contributed by atoms with E-state index in [1.807, 2.05) is 42.5 Å². The van der Waals surface area contributed by atoms with Crippen molar-refractivity contribution in [2.45, 2.75) is 26.4 Å². The highest BCUT2D eigenvalue weighted by molar-refractivity contribution is 7.17. The number of aromatic nitrogens is 2. The van der Waals surface area contributed by atoms with Gasteiger partial charge >= 0.3 is 6.09 Å². The minimum atomic E-state index is -0.526. The average molecular weight is 481 g/mol. The summed E-state index contributed by atoms with van der Waals surface area (Å²) in [5.74, 6) is 0.639. The zero-order chi connectivity index (χ0) is 24.1. The molecule has 2 aromatic heterocycles. The van der Waals surface area contributed by atoms with E-state index in [1.165, 1.54) is 11.3 Å². The molecule has 1 aliphatic heterocycles. The number of ether oxygens (including phenoxy) is 1. The normalized spacial score (nSPS) is 14.7. The smallest absolute Gasteiger partial charge is 0.409 e. The quantitative estimate of drug-likeness (QED) is 0.577. The summed E-state index contributed by atoms with van der Waals surface area (Å²) >= 11 is 1.40. The van der Waals surface area contributed by atoms with E-state index in [2.05, 4.69) is 4.98 Å². The fourth-order valence-corrected chi connectivity index (χ4v) is 4.76. The van der Waals surface area contributed by atoms with Crippen LogP contribution in [0.15, 0.2) is 48.7 Å². The highest BCUT2D eigenvalue weighted by Gasteiger charge is 2.26. The molecule has 0 radical (unpaired) electrons. The van der Waals surface area contributed by atoms with Crippen molar-refractivity contribution >= 4 is 23.3 Å². The van der Waals surface area contributed by atoms with E-state index >= 15 is 0 Å². The highest BCUT2D eigenvalue weighted by atomic mass is 32.1. The van der Waals surface area contributed by atoms with Gasteiger partial charge in [0.15, 0.2) is 0 Å². The van der Waals surface area contributed by atoms with Crippen LogP contribution in [0, 0.1) is 0 Å². The van der Waals surface area contributed by atoms with Crippen LogP contribution in [-0.2, 0) is 11.2 Å². The van der Waals surface area contributed by atoms with Crippen molar-refractivity contribution in [3.8, 4) is 10.6 Å². The van der Waals surface area contributed by atoms with Gasteiger partial charge in [-0.25, -0.2) is 14.8 Å². The number of amides is 2. The maximum absolute atomic E-state index is 13.0. The Morgan fingerprint density at radius 1 is 1.12 bits per heavy atom. The molecule has 0 spiro atoms. The van der Waals surface area contributed by atoms with Gasteiger partial charge in [-0.1, -0.05) is 24.3 Å². The summed E-state index contributed by atoms with van der Waals surface area (Å²) in [6, 6.07) is 13.3. The van der Waals surface area contributed by atoms with Crippen molar-refractivity contribution in [2.75, 3.05) is 32.8 Å². The minimum Gasteiger partial charge on any atom is -0.450 e. The number of rotatable bonds is 6. The predicted molar refractivity (Wildman–Crippen MR) is 130 cm³/mol. The summed E-state index contributed by atoms with van der Waals surface area (Å²) in [4.78, 5) is 38.9. The molecule has 1 saturated heterocycles. The van der Waals surface area contributed by atoms with Crippen molar-refractivity contribution in [2.24, 2.45) is 0 Å². The van der Waals surface area contributed by atoms with Gasteiger partial charge in [-0.05, 0) is 43.2 Å². The SMILES string of the molecule is CCOC(=O)N1CCN(C(=O)c2ccc(-c3ccnc(Cc4cccc(C(C)O)c4)n3)s2)CC1. The first-order valence-electron chi connectivity index (χ1n) is 11.3. The van der Waals surface area contributed by atoms with E-state index < -0.39 is 6.10 Å². The lowest BCUT2D eigenvalue weighted by Gasteiger charge is -2.33. The molecule has 1 N–H and O–H groups in total. The Morgan fingerprint density at radius 3 is 2.62 bits per heavy atom. The number of nitrogens with zero attached hydrogens (tertiary/aromatic N) is 4. The first kappa shape index (κ1) is 23.8. The van der Waals surface area contributed by atoms with Crippen LogP contribution < -0.4 is 0 Å². The monoisotopic (exact) mass is 480 g/mol. The first-order valence-corrected chi connectivity index (χ1v) is 12.2. The molecule has 3 aromatic rings. The molecule has 9 heteroatoms. The molecular weight excluding hydrogens is 452 g/mol. The van der Waals surface area contributed by atoms with Crippen LogP contribution in [0.4, 0.5) is 4.79 Å². The van der Waals surface area contributed by atoms with Crippen LogP contribution in [0.3, 0.4) is 0 Å². The number of piperazine rings is 1. The number of hydrogen-bond donors (Lipinski definition) is 1. The van der Waals surface area contributed by atoms with Crippen LogP contribution in [0.1, 0.15) is 46.6 Å². The van der Waals surface area contributed by atoms with Gasteiger partial charge in [0.1, 0.15) is 5.82 Å². The van der Waals surface area contributed by atoms with Gasteiger partial charge in [0.2, 0.25) is 0 Å². The van der Waals surface area contributed by atoms with Gasteiger partial charge in [0.25, 0.3) is 5.91 Å². The third-order valence-corrected chi connectivity index (χ3v) is 6.76. The second-order valence-electron chi connectivity index (χ2n) is 8.10. The maximum Gasteiger partial charge on any atom is 0.409 e. The summed E-state index contributed by atoms with van der Waals surface area (Å²) in [5, 5.41) is 9.82. The Labute approximate surface area is 202 Å². The Kier molecular flexibility index (Phi) is 7.54. The van der Waals surface area contributed by atoms with E-state index in [9.17, 15) is 14.7 Å². The number of aliphatic hydroxyl groups excluding tert-OH is 1. The van der Waals surface area contributed by atoms with Crippen LogP contribution in [0.25, 0.3) is 10.6 Å². The molecule has 34 heavy (non-hydrogen) atoms. The Morgan fingerprint density at radius 2 is 1.88 bits per heavy atom. The lowest BCUT2D eigenvalue weighted by molar-refractivity contribution is 0.0574. The Hall–Kier alpha value is -3.30. The minimum absolute atomic E-state index is 0.0380. The summed E-state index contributed by atoms with van der Waals surface area (Å²) in [6.07, 6.45) is 1.43. The van der Waals surface area contributed by atoms with Crippen LogP contribution in [-0.4, -0.2) is 69.7 Å². The van der Waals surface area contributed by atoms with Gasteiger partial charge in [-0.15, -0.1) is 11.3 Å². The van der Waals surface area contributed by atoms with Crippen molar-refractivity contribution < 1.29 is 19.4 Å². The number of aliphatic hydroxyl groups is 1. The molecule has 2 amide bonds. The lowest BCUT2D eigenvalue weighted by Crippen LogP contribution is -2.50. The number of carbonyl (C=O) groups is 2. The summed E-state index contributed by atoms with van der Waals surface area (Å²) in [5.41, 5.74) is 2.66. The van der Waals surface area contributed by atoms with Crippen molar-refractivity contribution in [1.29, 1.82) is 0 Å². The molecule has 1 atom stereocenters. The first-order chi connectivity index (χ1) is 16.4. The molecule has 1 aliphatic rings. The van der Waals surface area contributed by atoms with E-state index in [1.54, 1.807) is 29.8 Å². The van der Waals surface area contributed by atoms with E-state index in [0.29, 0.717) is 49.9 Å². The molecule has 1 fully saturated rings. The maximum atomic E-state index is 13.0. The Balaban J connectivity index is 1.42. The predicted octanol–water partition coefficient (Wildman–Crippen LogP) is 3.76. The summed E-state index contributed by atoms with van der Waals surface area (Å²) < 4.78 is 5.04. The highest BCUT2D eigenvalue weighted by Crippen LogP contribution is 2.28. The van der Waals surface area contributed by atoms with Crippen LogP contribution in [0.5, 0.6) is 0 Å².